The van der Waals surface area contributed by atoms with Crippen LogP contribution in [-0.2, 0) is 12.8 Å². The predicted octanol–water partition coefficient (Wildman–Crippen LogP) is 2.20. The zero-order valence-electron chi connectivity index (χ0n) is 10.2. The van der Waals surface area contributed by atoms with Crippen LogP contribution in [0.2, 0.25) is 0 Å². The molecule has 1 aromatic heterocycles. The predicted molar refractivity (Wildman–Crippen MR) is 66.5 cm³/mol. The number of aliphatic hydroxyl groups is 1. The van der Waals surface area contributed by atoms with E-state index in [0.29, 0.717) is 12.3 Å². The Kier molecular flexibility index (Phi) is 2.80. The van der Waals surface area contributed by atoms with Crippen LogP contribution in [0.3, 0.4) is 0 Å². The largest absolute Gasteiger partial charge is 0.497 e. The van der Waals surface area contributed by atoms with Crippen molar-refractivity contribution in [2.24, 2.45) is 0 Å². The first-order chi connectivity index (χ1) is 8.76. The summed E-state index contributed by atoms with van der Waals surface area (Å²) < 4.78 is 10.9. The molecule has 2 aromatic rings. The molecular weight excluding hydrogens is 230 g/mol. The average molecular weight is 245 g/mol. The molecule has 0 amide bonds. The molecule has 18 heavy (non-hydrogen) atoms. The van der Waals surface area contributed by atoms with Gasteiger partial charge in [-0.2, -0.15) is 0 Å². The minimum atomic E-state index is -0.302. The third-order valence-corrected chi connectivity index (χ3v) is 3.23. The summed E-state index contributed by atoms with van der Waals surface area (Å²) in [4.78, 5) is 4.50. The number of rotatable bonds is 2. The Bertz CT molecular complexity index is 562. The molecule has 4 nitrogen and oxygen atoms in total. The number of nitrogens with zero attached hydrogens (tertiary/aromatic N) is 1. The lowest BCUT2D eigenvalue weighted by Crippen LogP contribution is -2.17. The number of oxazole rings is 1. The Morgan fingerprint density at radius 3 is 3.17 bits per heavy atom. The topological polar surface area (TPSA) is 55.5 Å². The SMILES string of the molecule is COc1cccc(-c2nc3c(o2)CC(O)CC3)c1. The maximum atomic E-state index is 9.61. The van der Waals surface area contributed by atoms with Gasteiger partial charge in [-0.3, -0.25) is 0 Å². The van der Waals surface area contributed by atoms with Crippen molar-refractivity contribution in [2.75, 3.05) is 7.11 Å². The molecule has 0 aliphatic heterocycles. The number of benzene rings is 1. The van der Waals surface area contributed by atoms with Gasteiger partial charge in [0.2, 0.25) is 5.89 Å². The molecule has 1 aliphatic rings. The van der Waals surface area contributed by atoms with Gasteiger partial charge in [-0.05, 0) is 31.0 Å². The second-order valence-electron chi connectivity index (χ2n) is 4.52. The van der Waals surface area contributed by atoms with Crippen LogP contribution in [0.5, 0.6) is 5.75 Å². The maximum absolute atomic E-state index is 9.61. The summed E-state index contributed by atoms with van der Waals surface area (Å²) in [5.41, 5.74) is 1.87. The van der Waals surface area contributed by atoms with E-state index in [1.807, 2.05) is 24.3 Å². The van der Waals surface area contributed by atoms with E-state index in [2.05, 4.69) is 4.98 Å². The van der Waals surface area contributed by atoms with E-state index in [9.17, 15) is 5.11 Å². The molecule has 0 saturated heterocycles. The molecule has 0 bridgehead atoms. The summed E-state index contributed by atoms with van der Waals surface area (Å²) in [7, 11) is 1.63. The van der Waals surface area contributed by atoms with Crippen molar-refractivity contribution in [1.29, 1.82) is 0 Å². The number of methoxy groups -OCH3 is 1. The average Bonchev–Trinajstić information content (AvgIpc) is 2.81. The number of aromatic nitrogens is 1. The smallest absolute Gasteiger partial charge is 0.226 e. The van der Waals surface area contributed by atoms with Gasteiger partial charge in [0.15, 0.2) is 0 Å². The highest BCUT2D eigenvalue weighted by molar-refractivity contribution is 5.56. The number of aryl methyl sites for hydroxylation is 1. The van der Waals surface area contributed by atoms with Gasteiger partial charge in [0, 0.05) is 12.0 Å². The zero-order chi connectivity index (χ0) is 12.5. The van der Waals surface area contributed by atoms with Crippen molar-refractivity contribution in [3.63, 3.8) is 0 Å². The molecule has 0 saturated carbocycles. The molecule has 1 unspecified atom stereocenters. The number of hydrogen-bond acceptors (Lipinski definition) is 4. The van der Waals surface area contributed by atoms with E-state index in [0.717, 1.165) is 35.6 Å². The number of ether oxygens (including phenoxy) is 1. The lowest BCUT2D eigenvalue weighted by atomic mass is 9.99. The molecular formula is C14H15NO3. The molecule has 0 spiro atoms. The highest BCUT2D eigenvalue weighted by Gasteiger charge is 2.23. The third-order valence-electron chi connectivity index (χ3n) is 3.23. The highest BCUT2D eigenvalue weighted by atomic mass is 16.5. The van der Waals surface area contributed by atoms with Gasteiger partial charge in [-0.25, -0.2) is 4.98 Å². The molecule has 3 rings (SSSR count). The van der Waals surface area contributed by atoms with Crippen molar-refractivity contribution in [2.45, 2.75) is 25.4 Å². The second-order valence-corrected chi connectivity index (χ2v) is 4.52. The maximum Gasteiger partial charge on any atom is 0.226 e. The first kappa shape index (κ1) is 11.3. The van der Waals surface area contributed by atoms with Crippen molar-refractivity contribution in [3.05, 3.63) is 35.7 Å². The Morgan fingerprint density at radius 2 is 2.33 bits per heavy atom. The minimum Gasteiger partial charge on any atom is -0.497 e. The van der Waals surface area contributed by atoms with Crippen LogP contribution in [0.25, 0.3) is 11.5 Å². The summed E-state index contributed by atoms with van der Waals surface area (Å²) in [5.74, 6) is 2.20. The summed E-state index contributed by atoms with van der Waals surface area (Å²) >= 11 is 0. The van der Waals surface area contributed by atoms with E-state index in [4.69, 9.17) is 9.15 Å². The Balaban J connectivity index is 1.97. The molecule has 1 heterocycles. The summed E-state index contributed by atoms with van der Waals surface area (Å²) in [5, 5.41) is 9.61. The van der Waals surface area contributed by atoms with E-state index in [1.165, 1.54) is 0 Å². The number of aliphatic hydroxyl groups excluding tert-OH is 1. The first-order valence-electron chi connectivity index (χ1n) is 6.07. The van der Waals surface area contributed by atoms with Crippen LogP contribution in [-0.4, -0.2) is 23.3 Å². The summed E-state index contributed by atoms with van der Waals surface area (Å²) in [6.45, 7) is 0. The third kappa shape index (κ3) is 1.99. The standard InChI is InChI=1S/C14H15NO3/c1-17-11-4-2-3-9(7-11)14-15-12-6-5-10(16)8-13(12)18-14/h2-4,7,10,16H,5-6,8H2,1H3. The molecule has 1 aromatic carbocycles. The normalized spacial score (nSPS) is 18.4. The van der Waals surface area contributed by atoms with Gasteiger partial charge in [0.25, 0.3) is 0 Å². The van der Waals surface area contributed by atoms with Gasteiger partial charge in [0.1, 0.15) is 11.5 Å². The summed E-state index contributed by atoms with van der Waals surface area (Å²) in [6, 6.07) is 7.63. The van der Waals surface area contributed by atoms with E-state index in [-0.39, 0.29) is 6.10 Å². The molecule has 1 N–H and O–H groups in total. The van der Waals surface area contributed by atoms with Gasteiger partial charge >= 0.3 is 0 Å². The van der Waals surface area contributed by atoms with Crippen LogP contribution in [0.1, 0.15) is 17.9 Å². The van der Waals surface area contributed by atoms with E-state index < -0.39 is 0 Å². The van der Waals surface area contributed by atoms with Crippen LogP contribution in [0.4, 0.5) is 0 Å². The quantitative estimate of drug-likeness (QED) is 0.881. The van der Waals surface area contributed by atoms with Gasteiger partial charge < -0.3 is 14.3 Å². The lowest BCUT2D eigenvalue weighted by Gasteiger charge is -2.13. The lowest BCUT2D eigenvalue weighted by molar-refractivity contribution is 0.150. The van der Waals surface area contributed by atoms with Crippen LogP contribution in [0, 0.1) is 0 Å². The fourth-order valence-corrected chi connectivity index (χ4v) is 2.24. The molecule has 4 heteroatoms. The molecule has 0 radical (unpaired) electrons. The Morgan fingerprint density at radius 1 is 1.44 bits per heavy atom. The van der Waals surface area contributed by atoms with E-state index in [1.54, 1.807) is 7.11 Å². The van der Waals surface area contributed by atoms with Crippen molar-refractivity contribution in [1.82, 2.24) is 4.98 Å². The number of hydrogen-bond donors (Lipinski definition) is 1. The first-order valence-corrected chi connectivity index (χ1v) is 6.07. The molecule has 94 valence electrons. The number of fused-ring (bicyclic) bond motifs is 1. The van der Waals surface area contributed by atoms with Gasteiger partial charge in [-0.15, -0.1) is 0 Å². The van der Waals surface area contributed by atoms with Gasteiger partial charge in [-0.1, -0.05) is 6.07 Å². The fourth-order valence-electron chi connectivity index (χ4n) is 2.24. The van der Waals surface area contributed by atoms with Crippen molar-refractivity contribution in [3.8, 4) is 17.2 Å². The fraction of sp³-hybridized carbons (Fsp3) is 0.357. The van der Waals surface area contributed by atoms with E-state index >= 15 is 0 Å². The summed E-state index contributed by atoms with van der Waals surface area (Å²) in [6.07, 6.45) is 1.80. The molecule has 1 aliphatic carbocycles. The van der Waals surface area contributed by atoms with Crippen molar-refractivity contribution >= 4 is 0 Å². The van der Waals surface area contributed by atoms with Crippen LogP contribution in [0.15, 0.2) is 28.7 Å². The molecule has 0 fully saturated rings. The van der Waals surface area contributed by atoms with Crippen molar-refractivity contribution < 1.29 is 14.3 Å². The monoisotopic (exact) mass is 245 g/mol. The van der Waals surface area contributed by atoms with Crippen LogP contribution < -0.4 is 4.74 Å². The molecule has 1 atom stereocenters. The Labute approximate surface area is 105 Å². The highest BCUT2D eigenvalue weighted by Crippen LogP contribution is 2.29. The van der Waals surface area contributed by atoms with Gasteiger partial charge in [0.05, 0.1) is 18.9 Å². The Hall–Kier alpha value is -1.81. The second kappa shape index (κ2) is 4.46. The van der Waals surface area contributed by atoms with Crippen LogP contribution >= 0.6 is 0 Å². The zero-order valence-corrected chi connectivity index (χ0v) is 10.2. The minimum absolute atomic E-state index is 0.302.